The van der Waals surface area contributed by atoms with Gasteiger partial charge in [0.2, 0.25) is 0 Å². The Bertz CT molecular complexity index is 669. The third-order valence-electron chi connectivity index (χ3n) is 5.21. The second-order valence-corrected chi connectivity index (χ2v) is 13.8. The summed E-state index contributed by atoms with van der Waals surface area (Å²) in [5, 5.41) is 4.11. The molecule has 7 heteroatoms. The molecule has 0 bridgehead atoms. The lowest BCUT2D eigenvalue weighted by atomic mass is 10.1. The van der Waals surface area contributed by atoms with Crippen LogP contribution in [0.15, 0.2) is 35.5 Å². The molecular weight excluding hydrogens is 374 g/mol. The van der Waals surface area contributed by atoms with E-state index in [0.29, 0.717) is 6.61 Å². The molecule has 0 unspecified atom stereocenters. The molecule has 0 spiro atoms. The van der Waals surface area contributed by atoms with Crippen molar-refractivity contribution in [3.63, 3.8) is 0 Å². The van der Waals surface area contributed by atoms with Crippen LogP contribution in [-0.4, -0.2) is 44.9 Å². The van der Waals surface area contributed by atoms with Crippen LogP contribution in [0.1, 0.15) is 40.2 Å². The zero-order valence-corrected chi connectivity index (χ0v) is 19.0. The van der Waals surface area contributed by atoms with Crippen molar-refractivity contribution in [2.24, 2.45) is 5.16 Å². The van der Waals surface area contributed by atoms with Gasteiger partial charge in [-0.3, -0.25) is 0 Å². The van der Waals surface area contributed by atoms with Crippen LogP contribution in [0.25, 0.3) is 0 Å². The van der Waals surface area contributed by atoms with Crippen molar-refractivity contribution >= 4 is 20.8 Å². The quantitative estimate of drug-likeness (QED) is 0.278. The van der Waals surface area contributed by atoms with Gasteiger partial charge in [0.1, 0.15) is 24.9 Å². The highest BCUT2D eigenvalue weighted by atomic mass is 28.4. The monoisotopic (exact) mass is 407 g/mol. The SMILES string of the molecule is CC1(C)O[C@@H]([C@@H](/C=N/OCc2ccccc2)O[Si](C)(C)C(C)(C)C)[C@@H](C=O)O1. The fourth-order valence-electron chi connectivity index (χ4n) is 2.66. The van der Waals surface area contributed by atoms with Gasteiger partial charge in [-0.15, -0.1) is 0 Å². The summed E-state index contributed by atoms with van der Waals surface area (Å²) in [5.41, 5.74) is 1.02. The second kappa shape index (κ2) is 8.86. The maximum Gasteiger partial charge on any atom is 0.193 e. The van der Waals surface area contributed by atoms with Crippen molar-refractivity contribution in [3.05, 3.63) is 35.9 Å². The third-order valence-corrected chi connectivity index (χ3v) is 9.69. The first-order valence-electron chi connectivity index (χ1n) is 9.63. The summed E-state index contributed by atoms with van der Waals surface area (Å²) in [6.07, 6.45) is 0.514. The summed E-state index contributed by atoms with van der Waals surface area (Å²) < 4.78 is 18.2. The number of carbonyl (C=O) groups excluding carboxylic acids is 1. The molecule has 0 saturated carbocycles. The first-order chi connectivity index (χ1) is 13.0. The van der Waals surface area contributed by atoms with Gasteiger partial charge in [0.25, 0.3) is 0 Å². The Kier molecular flexibility index (Phi) is 7.20. The first kappa shape index (κ1) is 22.7. The number of benzene rings is 1. The standard InChI is InChI=1S/C21H33NO5Si/c1-20(2,3)28(6,7)27-17(19-18(14-23)25-21(4,5)26-19)13-22-24-15-16-11-9-8-10-12-16/h8-14,17-19H,15H2,1-7H3/b22-13+/t17-,18-,19+/m1/s1. The van der Waals surface area contributed by atoms with Crippen LogP contribution in [0.4, 0.5) is 0 Å². The van der Waals surface area contributed by atoms with Crippen molar-refractivity contribution in [1.29, 1.82) is 0 Å². The van der Waals surface area contributed by atoms with E-state index in [-0.39, 0.29) is 5.04 Å². The molecule has 0 N–H and O–H groups in total. The van der Waals surface area contributed by atoms with E-state index in [1.165, 1.54) is 0 Å². The molecule has 2 rings (SSSR count). The maximum absolute atomic E-state index is 11.6. The van der Waals surface area contributed by atoms with Crippen molar-refractivity contribution in [3.8, 4) is 0 Å². The molecule has 0 radical (unpaired) electrons. The molecule has 0 amide bonds. The summed E-state index contributed by atoms with van der Waals surface area (Å²) in [6, 6.07) is 9.79. The first-order valence-corrected chi connectivity index (χ1v) is 12.5. The molecule has 6 nitrogen and oxygen atoms in total. The van der Waals surface area contributed by atoms with Gasteiger partial charge in [-0.2, -0.15) is 0 Å². The van der Waals surface area contributed by atoms with Crippen LogP contribution in [0, 0.1) is 0 Å². The molecule has 0 aliphatic carbocycles. The van der Waals surface area contributed by atoms with Gasteiger partial charge in [0.05, 0.1) is 6.21 Å². The van der Waals surface area contributed by atoms with E-state index < -0.39 is 32.4 Å². The Balaban J connectivity index is 2.16. The molecule has 1 fully saturated rings. The summed E-state index contributed by atoms with van der Waals surface area (Å²) in [6.45, 7) is 14.7. The number of aldehydes is 1. The number of oxime groups is 1. The maximum atomic E-state index is 11.6. The molecule has 0 aromatic heterocycles. The normalized spacial score (nSPS) is 23.7. The van der Waals surface area contributed by atoms with Crippen molar-refractivity contribution < 1.29 is 23.5 Å². The molecule has 28 heavy (non-hydrogen) atoms. The van der Waals surface area contributed by atoms with Crippen LogP contribution in [-0.2, 0) is 30.1 Å². The number of hydrogen-bond donors (Lipinski definition) is 0. The number of nitrogens with zero attached hydrogens (tertiary/aromatic N) is 1. The minimum atomic E-state index is -2.15. The van der Waals surface area contributed by atoms with E-state index in [4.69, 9.17) is 18.7 Å². The zero-order valence-electron chi connectivity index (χ0n) is 18.0. The average molecular weight is 408 g/mol. The van der Waals surface area contributed by atoms with Gasteiger partial charge in [-0.25, -0.2) is 0 Å². The predicted molar refractivity (Wildman–Crippen MR) is 112 cm³/mol. The second-order valence-electron chi connectivity index (χ2n) is 9.06. The van der Waals surface area contributed by atoms with Crippen molar-refractivity contribution in [1.82, 2.24) is 0 Å². The van der Waals surface area contributed by atoms with Gasteiger partial charge < -0.3 is 23.5 Å². The highest BCUT2D eigenvalue weighted by Gasteiger charge is 2.48. The topological polar surface area (TPSA) is 66.3 Å². The van der Waals surface area contributed by atoms with E-state index >= 15 is 0 Å². The zero-order chi connectivity index (χ0) is 21.0. The molecule has 1 aliphatic heterocycles. The van der Waals surface area contributed by atoms with E-state index in [1.807, 2.05) is 30.3 Å². The Morgan fingerprint density at radius 1 is 1.21 bits per heavy atom. The molecule has 1 heterocycles. The van der Waals surface area contributed by atoms with Crippen LogP contribution >= 0.6 is 0 Å². The highest BCUT2D eigenvalue weighted by molar-refractivity contribution is 6.74. The molecule has 1 aliphatic rings. The Morgan fingerprint density at radius 3 is 2.43 bits per heavy atom. The van der Waals surface area contributed by atoms with E-state index in [9.17, 15) is 4.79 Å². The lowest BCUT2D eigenvalue weighted by Gasteiger charge is -2.39. The molecule has 3 atom stereocenters. The third kappa shape index (κ3) is 5.98. The molecule has 1 aromatic carbocycles. The number of ether oxygens (including phenoxy) is 2. The van der Waals surface area contributed by atoms with E-state index in [0.717, 1.165) is 11.8 Å². The van der Waals surface area contributed by atoms with Gasteiger partial charge >= 0.3 is 0 Å². The lowest BCUT2D eigenvalue weighted by Crippen LogP contribution is -2.50. The van der Waals surface area contributed by atoms with Crippen LogP contribution in [0.5, 0.6) is 0 Å². The number of hydrogen-bond acceptors (Lipinski definition) is 6. The Hall–Kier alpha value is -1.54. The van der Waals surface area contributed by atoms with Crippen LogP contribution in [0.2, 0.25) is 18.1 Å². The molecule has 1 saturated heterocycles. The fraction of sp³-hybridized carbons (Fsp3) is 0.619. The molecular formula is C21H33NO5Si. The summed E-state index contributed by atoms with van der Waals surface area (Å²) in [5.74, 6) is -0.857. The fourth-order valence-corrected chi connectivity index (χ4v) is 3.89. The Morgan fingerprint density at radius 2 is 1.86 bits per heavy atom. The summed E-state index contributed by atoms with van der Waals surface area (Å²) in [4.78, 5) is 17.0. The Labute approximate surface area is 169 Å². The van der Waals surface area contributed by atoms with Crippen molar-refractivity contribution in [2.45, 2.75) is 83.5 Å². The van der Waals surface area contributed by atoms with Gasteiger partial charge in [-0.1, -0.05) is 56.3 Å². The predicted octanol–water partition coefficient (Wildman–Crippen LogP) is 4.30. The van der Waals surface area contributed by atoms with Crippen molar-refractivity contribution in [2.75, 3.05) is 0 Å². The minimum Gasteiger partial charge on any atom is -0.406 e. The minimum absolute atomic E-state index is 0.00432. The van der Waals surface area contributed by atoms with E-state index in [2.05, 4.69) is 39.0 Å². The molecule has 1 aromatic rings. The van der Waals surface area contributed by atoms with Crippen LogP contribution < -0.4 is 0 Å². The highest BCUT2D eigenvalue weighted by Crippen LogP contribution is 2.39. The van der Waals surface area contributed by atoms with Gasteiger partial charge in [0, 0.05) is 0 Å². The summed E-state index contributed by atoms with van der Waals surface area (Å²) in [7, 11) is -2.15. The number of carbonyl (C=O) groups is 1. The molecule has 156 valence electrons. The smallest absolute Gasteiger partial charge is 0.193 e. The average Bonchev–Trinajstić information content (AvgIpc) is 2.92. The lowest BCUT2D eigenvalue weighted by molar-refractivity contribution is -0.153. The summed E-state index contributed by atoms with van der Waals surface area (Å²) >= 11 is 0. The van der Waals surface area contributed by atoms with Crippen LogP contribution in [0.3, 0.4) is 0 Å². The van der Waals surface area contributed by atoms with E-state index in [1.54, 1.807) is 20.1 Å². The largest absolute Gasteiger partial charge is 0.406 e. The van der Waals surface area contributed by atoms with Gasteiger partial charge in [-0.05, 0) is 37.5 Å². The number of rotatable bonds is 8. The van der Waals surface area contributed by atoms with Gasteiger partial charge in [0.15, 0.2) is 20.4 Å².